The highest BCUT2D eigenvalue weighted by molar-refractivity contribution is 7.16. The second-order valence-corrected chi connectivity index (χ2v) is 5.12. The fourth-order valence-electron chi connectivity index (χ4n) is 2.01. The topological polar surface area (TPSA) is 102 Å². The smallest absolute Gasteiger partial charge is 0.338 e. The summed E-state index contributed by atoms with van der Waals surface area (Å²) >= 11 is 1.23. The minimum atomic E-state index is -1.01. The number of hydrogen-bond donors (Lipinski definition) is 3. The molecule has 1 aromatic heterocycles. The third kappa shape index (κ3) is 2.32. The molecule has 4 N–H and O–H groups in total. The Bertz CT molecular complexity index is 497. The summed E-state index contributed by atoms with van der Waals surface area (Å²) in [5.74, 6) is -1.15. The van der Waals surface area contributed by atoms with Crippen LogP contribution in [0.4, 0.5) is 5.00 Å². The van der Waals surface area contributed by atoms with Crippen LogP contribution < -0.4 is 11.1 Å². The first-order valence-electron chi connectivity index (χ1n) is 5.51. The van der Waals surface area contributed by atoms with E-state index in [1.165, 1.54) is 18.3 Å². The van der Waals surface area contributed by atoms with Crippen molar-refractivity contribution in [2.75, 3.05) is 18.9 Å². The summed E-state index contributed by atoms with van der Waals surface area (Å²) in [7, 11) is 0. The number of hydrogen-bond acceptors (Lipinski definition) is 5. The number of thiophene rings is 1. The van der Waals surface area contributed by atoms with Crippen molar-refractivity contribution in [2.24, 2.45) is 0 Å². The first-order chi connectivity index (χ1) is 8.50. The average Bonchev–Trinajstić information content (AvgIpc) is 2.62. The Morgan fingerprint density at radius 3 is 2.94 bits per heavy atom. The number of carbonyl (C=O) groups excluding carboxylic acids is 1. The Morgan fingerprint density at radius 1 is 1.61 bits per heavy atom. The first kappa shape index (κ1) is 12.8. The van der Waals surface area contributed by atoms with Crippen LogP contribution in [0.2, 0.25) is 0 Å². The molecule has 1 atom stereocenters. The van der Waals surface area contributed by atoms with Gasteiger partial charge in [0, 0.05) is 18.3 Å². The highest BCUT2D eigenvalue weighted by atomic mass is 32.1. The molecule has 1 unspecified atom stereocenters. The first-order valence-corrected chi connectivity index (χ1v) is 6.32. The van der Waals surface area contributed by atoms with Crippen LogP contribution in [-0.2, 0) is 16.0 Å². The quantitative estimate of drug-likeness (QED) is 0.753. The molecular weight excluding hydrogens is 256 g/mol. The molecular formula is C11H14N2O4S. The second kappa shape index (κ2) is 4.95. The zero-order valence-corrected chi connectivity index (χ0v) is 10.7. The van der Waals surface area contributed by atoms with E-state index in [4.69, 9.17) is 15.6 Å². The van der Waals surface area contributed by atoms with Crippen LogP contribution in [0, 0.1) is 0 Å². The number of nitrogens with one attached hydrogen (secondary N) is 1. The van der Waals surface area contributed by atoms with Gasteiger partial charge in [-0.2, -0.15) is 0 Å². The number of fused-ring (bicyclic) bond motifs is 1. The molecule has 6 nitrogen and oxygen atoms in total. The fraction of sp³-hybridized carbons (Fsp3) is 0.455. The van der Waals surface area contributed by atoms with Crippen molar-refractivity contribution in [1.82, 2.24) is 5.32 Å². The van der Waals surface area contributed by atoms with E-state index in [0.29, 0.717) is 24.6 Å². The van der Waals surface area contributed by atoms with Crippen molar-refractivity contribution in [2.45, 2.75) is 19.4 Å². The average molecular weight is 270 g/mol. The zero-order valence-electron chi connectivity index (χ0n) is 9.86. The van der Waals surface area contributed by atoms with E-state index in [0.717, 1.165) is 10.4 Å². The van der Waals surface area contributed by atoms with Crippen LogP contribution in [0.15, 0.2) is 0 Å². The highest BCUT2D eigenvalue weighted by Gasteiger charge is 2.30. The normalized spacial score (nSPS) is 18.2. The number of ether oxygens (including phenoxy) is 1. The summed E-state index contributed by atoms with van der Waals surface area (Å²) in [5, 5.41) is 12.1. The Kier molecular flexibility index (Phi) is 3.53. The summed E-state index contributed by atoms with van der Waals surface area (Å²) < 4.78 is 5.55. The van der Waals surface area contributed by atoms with Crippen molar-refractivity contribution >= 4 is 28.2 Å². The molecule has 1 aromatic rings. The lowest BCUT2D eigenvalue weighted by atomic mass is 10.0. The van der Waals surface area contributed by atoms with Crippen LogP contribution in [0.25, 0.3) is 0 Å². The number of nitrogen functional groups attached to an aromatic ring is 1. The molecule has 0 fully saturated rings. The van der Waals surface area contributed by atoms with E-state index >= 15 is 0 Å². The molecule has 2 rings (SSSR count). The summed E-state index contributed by atoms with van der Waals surface area (Å²) in [6.45, 7) is 2.20. The summed E-state index contributed by atoms with van der Waals surface area (Å²) in [5.41, 5.74) is 6.66. The predicted molar refractivity (Wildman–Crippen MR) is 66.8 cm³/mol. The fourth-order valence-corrected chi connectivity index (χ4v) is 3.17. The van der Waals surface area contributed by atoms with Gasteiger partial charge in [0.05, 0.1) is 12.2 Å². The van der Waals surface area contributed by atoms with Gasteiger partial charge in [0.25, 0.3) is 0 Å². The van der Waals surface area contributed by atoms with E-state index in [2.05, 4.69) is 5.32 Å². The molecule has 2 heterocycles. The second-order valence-electron chi connectivity index (χ2n) is 4.04. The number of amides is 1. The number of nitrogens with two attached hydrogens (primary N) is 1. The number of carboxylic acids is 1. The van der Waals surface area contributed by atoms with E-state index in [1.54, 1.807) is 0 Å². The molecule has 18 heavy (non-hydrogen) atoms. The standard InChI is InChI=1S/C11H14N2O4S/c1-5(14)13-4-7-9-6(2-3-17-7)8(11(15)16)10(12)18-9/h7H,2-4,12H2,1H3,(H,13,14)(H,15,16). The van der Waals surface area contributed by atoms with Gasteiger partial charge in [0.1, 0.15) is 11.1 Å². The van der Waals surface area contributed by atoms with Crippen molar-refractivity contribution < 1.29 is 19.4 Å². The molecule has 0 radical (unpaired) electrons. The van der Waals surface area contributed by atoms with Crippen molar-refractivity contribution in [1.29, 1.82) is 0 Å². The van der Waals surface area contributed by atoms with Gasteiger partial charge in [0.2, 0.25) is 5.91 Å². The van der Waals surface area contributed by atoms with E-state index in [-0.39, 0.29) is 17.6 Å². The maximum atomic E-state index is 11.1. The number of rotatable bonds is 3. The minimum absolute atomic E-state index is 0.145. The summed E-state index contributed by atoms with van der Waals surface area (Å²) in [6.07, 6.45) is 0.236. The van der Waals surface area contributed by atoms with E-state index in [9.17, 15) is 9.59 Å². The Balaban J connectivity index is 2.30. The minimum Gasteiger partial charge on any atom is -0.478 e. The third-order valence-corrected chi connectivity index (χ3v) is 3.93. The predicted octanol–water partition coefficient (Wildman–Crippen LogP) is 0.778. The van der Waals surface area contributed by atoms with Crippen LogP contribution >= 0.6 is 11.3 Å². The van der Waals surface area contributed by atoms with Gasteiger partial charge in [0.15, 0.2) is 0 Å². The molecule has 0 saturated heterocycles. The summed E-state index contributed by atoms with van der Waals surface area (Å²) in [4.78, 5) is 22.9. The maximum absolute atomic E-state index is 11.1. The zero-order chi connectivity index (χ0) is 13.3. The molecule has 0 spiro atoms. The summed E-state index contributed by atoms with van der Waals surface area (Å²) in [6, 6.07) is 0. The van der Waals surface area contributed by atoms with Crippen LogP contribution in [0.5, 0.6) is 0 Å². The molecule has 7 heteroatoms. The molecule has 1 aliphatic rings. The van der Waals surface area contributed by atoms with Crippen molar-refractivity contribution in [3.63, 3.8) is 0 Å². The van der Waals surface area contributed by atoms with Gasteiger partial charge < -0.3 is 20.9 Å². The molecule has 98 valence electrons. The SMILES string of the molecule is CC(=O)NCC1OCCc2c1sc(N)c2C(=O)O. The monoisotopic (exact) mass is 270 g/mol. The molecule has 0 aromatic carbocycles. The molecule has 0 bridgehead atoms. The third-order valence-electron chi connectivity index (χ3n) is 2.78. The van der Waals surface area contributed by atoms with Gasteiger partial charge >= 0.3 is 5.97 Å². The van der Waals surface area contributed by atoms with Crippen molar-refractivity contribution in [3.8, 4) is 0 Å². The lowest BCUT2D eigenvalue weighted by Gasteiger charge is -2.23. The Morgan fingerprint density at radius 2 is 2.33 bits per heavy atom. The maximum Gasteiger partial charge on any atom is 0.338 e. The molecule has 0 saturated carbocycles. The van der Waals surface area contributed by atoms with Gasteiger partial charge in [-0.15, -0.1) is 11.3 Å². The lowest BCUT2D eigenvalue weighted by Crippen LogP contribution is -2.29. The molecule has 0 aliphatic carbocycles. The van der Waals surface area contributed by atoms with Gasteiger partial charge in [-0.3, -0.25) is 4.79 Å². The Hall–Kier alpha value is -1.60. The van der Waals surface area contributed by atoms with E-state index < -0.39 is 5.97 Å². The Labute approximate surface area is 108 Å². The number of aromatic carboxylic acids is 1. The van der Waals surface area contributed by atoms with Gasteiger partial charge in [-0.1, -0.05) is 0 Å². The van der Waals surface area contributed by atoms with Crippen molar-refractivity contribution in [3.05, 3.63) is 16.0 Å². The number of anilines is 1. The highest BCUT2D eigenvalue weighted by Crippen LogP contribution is 2.39. The number of carboxylic acid groups (broad SMARTS) is 1. The van der Waals surface area contributed by atoms with Crippen LogP contribution in [-0.4, -0.2) is 30.1 Å². The van der Waals surface area contributed by atoms with Crippen LogP contribution in [0.3, 0.4) is 0 Å². The van der Waals surface area contributed by atoms with Gasteiger partial charge in [-0.05, 0) is 12.0 Å². The largest absolute Gasteiger partial charge is 0.478 e. The lowest BCUT2D eigenvalue weighted by molar-refractivity contribution is -0.119. The molecule has 1 aliphatic heterocycles. The van der Waals surface area contributed by atoms with Crippen LogP contribution in [0.1, 0.15) is 33.8 Å². The number of carbonyl (C=O) groups is 2. The van der Waals surface area contributed by atoms with E-state index in [1.807, 2.05) is 0 Å². The molecule has 1 amide bonds. The van der Waals surface area contributed by atoms with Gasteiger partial charge in [-0.25, -0.2) is 4.79 Å².